The van der Waals surface area contributed by atoms with Crippen molar-refractivity contribution in [2.45, 2.75) is 12.0 Å². The second-order valence-electron chi connectivity index (χ2n) is 2.37. The molecule has 0 aromatic rings. The van der Waals surface area contributed by atoms with Gasteiger partial charge in [-0.05, 0) is 0 Å². The fourth-order valence-corrected chi connectivity index (χ4v) is 0.705. The molecule has 3 heteroatoms. The van der Waals surface area contributed by atoms with Crippen molar-refractivity contribution in [1.82, 2.24) is 0 Å². The van der Waals surface area contributed by atoms with Crippen LogP contribution >= 0.6 is 0 Å². The molecule has 0 spiro atoms. The number of aliphatic hydroxyl groups excluding tert-OH is 1. The second-order valence-corrected chi connectivity index (χ2v) is 2.37. The number of hydrogen-bond acceptors (Lipinski definition) is 3. The predicted octanol–water partition coefficient (Wildman–Crippen LogP) is -0.216. The van der Waals surface area contributed by atoms with Gasteiger partial charge in [-0.2, -0.15) is 0 Å². The van der Waals surface area contributed by atoms with Gasteiger partial charge in [-0.25, -0.2) is 0 Å². The molecule has 1 fully saturated rings. The molecule has 0 aromatic carbocycles. The largest absolute Gasteiger partial charge is 0.393 e. The van der Waals surface area contributed by atoms with E-state index < -0.39 is 0 Å². The van der Waals surface area contributed by atoms with Crippen molar-refractivity contribution in [3.05, 3.63) is 0 Å². The van der Waals surface area contributed by atoms with Crippen LogP contribution in [0.3, 0.4) is 0 Å². The Bertz CT molecular complexity index is 88.3. The number of epoxide rings is 1. The van der Waals surface area contributed by atoms with Crippen LogP contribution in [0.2, 0.25) is 0 Å². The van der Waals surface area contributed by atoms with Crippen molar-refractivity contribution in [3.8, 4) is 0 Å². The maximum Gasteiger partial charge on any atom is 0.117 e. The summed E-state index contributed by atoms with van der Waals surface area (Å²) in [5.41, 5.74) is -0.226. The molecule has 0 aliphatic carbocycles. The first-order valence-corrected chi connectivity index (χ1v) is 3.07. The number of rotatable bonds is 4. The zero-order chi connectivity index (χ0) is 6.74. The Morgan fingerprint density at radius 3 is 2.78 bits per heavy atom. The minimum absolute atomic E-state index is 0.121. The molecule has 1 rings (SSSR count). The van der Waals surface area contributed by atoms with E-state index >= 15 is 0 Å². The van der Waals surface area contributed by atoms with E-state index in [0.29, 0.717) is 13.2 Å². The highest BCUT2D eigenvalue weighted by molar-refractivity contribution is 4.90. The molecule has 0 radical (unpaired) electrons. The normalized spacial score (nSPS) is 32.7. The highest BCUT2D eigenvalue weighted by Gasteiger charge is 2.43. The quantitative estimate of drug-likeness (QED) is 0.538. The van der Waals surface area contributed by atoms with Crippen LogP contribution in [0.5, 0.6) is 0 Å². The van der Waals surface area contributed by atoms with Crippen LogP contribution in [-0.4, -0.2) is 37.6 Å². The Hall–Kier alpha value is -0.120. The Labute approximate surface area is 54.6 Å². The predicted molar refractivity (Wildman–Crippen MR) is 32.3 cm³/mol. The van der Waals surface area contributed by atoms with Crippen LogP contribution in [0.1, 0.15) is 6.42 Å². The van der Waals surface area contributed by atoms with E-state index in [9.17, 15) is 0 Å². The maximum atomic E-state index is 8.70. The molecule has 1 aliphatic heterocycles. The molecule has 0 saturated carbocycles. The summed E-state index contributed by atoms with van der Waals surface area (Å²) < 4.78 is 9.85. The molecule has 1 aliphatic rings. The van der Waals surface area contributed by atoms with E-state index in [0.717, 1.165) is 6.42 Å². The van der Waals surface area contributed by atoms with Crippen molar-refractivity contribution >= 4 is 0 Å². The number of aliphatic hydroxyl groups is 1. The van der Waals surface area contributed by atoms with Gasteiger partial charge < -0.3 is 14.6 Å². The van der Waals surface area contributed by atoms with E-state index in [1.165, 1.54) is 0 Å². The van der Waals surface area contributed by atoms with E-state index in [1.54, 1.807) is 7.11 Å². The average molecular weight is 132 g/mol. The lowest BCUT2D eigenvalue weighted by molar-refractivity contribution is 0.118. The van der Waals surface area contributed by atoms with Crippen LogP contribution in [-0.2, 0) is 9.47 Å². The minimum Gasteiger partial charge on any atom is -0.393 e. The summed E-state index contributed by atoms with van der Waals surface area (Å²) in [5.74, 6) is 0. The summed E-state index contributed by atoms with van der Waals surface area (Å²) in [6, 6.07) is 0. The van der Waals surface area contributed by atoms with Crippen LogP contribution in [0.25, 0.3) is 0 Å². The topological polar surface area (TPSA) is 42.0 Å². The van der Waals surface area contributed by atoms with Crippen molar-refractivity contribution in [3.63, 3.8) is 0 Å². The summed E-state index contributed by atoms with van der Waals surface area (Å²) in [5, 5.41) is 8.70. The van der Waals surface area contributed by atoms with Gasteiger partial charge in [0.1, 0.15) is 5.60 Å². The molecule has 9 heavy (non-hydrogen) atoms. The summed E-state index contributed by atoms with van der Waals surface area (Å²) in [6.45, 7) is 1.48. The monoisotopic (exact) mass is 132 g/mol. The molecule has 1 atom stereocenters. The van der Waals surface area contributed by atoms with Crippen molar-refractivity contribution in [2.75, 3.05) is 26.9 Å². The molecule has 1 saturated heterocycles. The fourth-order valence-electron chi connectivity index (χ4n) is 0.705. The third-order valence-corrected chi connectivity index (χ3v) is 1.60. The van der Waals surface area contributed by atoms with E-state index in [1.807, 2.05) is 0 Å². The van der Waals surface area contributed by atoms with Gasteiger partial charge in [-0.3, -0.25) is 0 Å². The van der Waals surface area contributed by atoms with E-state index in [4.69, 9.17) is 14.6 Å². The maximum absolute atomic E-state index is 8.70. The van der Waals surface area contributed by atoms with E-state index in [2.05, 4.69) is 0 Å². The highest BCUT2D eigenvalue weighted by atomic mass is 16.6. The van der Waals surface area contributed by atoms with Crippen LogP contribution in [0.4, 0.5) is 0 Å². The lowest BCUT2D eigenvalue weighted by Crippen LogP contribution is -2.18. The molecule has 0 amide bonds. The summed E-state index contributed by atoms with van der Waals surface area (Å²) in [4.78, 5) is 0. The highest BCUT2D eigenvalue weighted by Crippen LogP contribution is 2.29. The minimum atomic E-state index is -0.226. The Kier molecular flexibility index (Phi) is 2.05. The summed E-state index contributed by atoms with van der Waals surface area (Å²) in [7, 11) is 1.65. The zero-order valence-electron chi connectivity index (χ0n) is 5.59. The van der Waals surface area contributed by atoms with Crippen LogP contribution in [0.15, 0.2) is 0 Å². The molecule has 1 heterocycles. The van der Waals surface area contributed by atoms with Gasteiger partial charge >= 0.3 is 0 Å². The molecule has 54 valence electrons. The lowest BCUT2D eigenvalue weighted by atomic mass is 10.1. The Morgan fingerprint density at radius 1 is 1.78 bits per heavy atom. The zero-order valence-corrected chi connectivity index (χ0v) is 5.59. The van der Waals surface area contributed by atoms with Gasteiger partial charge in [0.25, 0.3) is 0 Å². The van der Waals surface area contributed by atoms with Crippen molar-refractivity contribution in [2.24, 2.45) is 0 Å². The SMILES string of the molecule is COCC[C@@]1(CO)CO1. The first-order chi connectivity index (χ1) is 4.33. The summed E-state index contributed by atoms with van der Waals surface area (Å²) in [6.07, 6.45) is 0.806. The van der Waals surface area contributed by atoms with Gasteiger partial charge in [0.15, 0.2) is 0 Å². The standard InChI is InChI=1S/C6H12O3/c1-8-3-2-6(4-7)5-9-6/h7H,2-5H2,1H3/t6-/m1/s1. The molecule has 0 unspecified atom stereocenters. The van der Waals surface area contributed by atoms with Gasteiger partial charge in [-0.15, -0.1) is 0 Å². The van der Waals surface area contributed by atoms with Crippen molar-refractivity contribution < 1.29 is 14.6 Å². The third kappa shape index (κ3) is 1.64. The smallest absolute Gasteiger partial charge is 0.117 e. The second kappa shape index (κ2) is 2.64. The first-order valence-electron chi connectivity index (χ1n) is 3.07. The van der Waals surface area contributed by atoms with Crippen LogP contribution < -0.4 is 0 Å². The van der Waals surface area contributed by atoms with Crippen LogP contribution in [0, 0.1) is 0 Å². The van der Waals surface area contributed by atoms with Gasteiger partial charge in [0.05, 0.1) is 13.2 Å². The summed E-state index contributed by atoms with van der Waals surface area (Å²) >= 11 is 0. The molecule has 0 aromatic heterocycles. The van der Waals surface area contributed by atoms with E-state index in [-0.39, 0.29) is 12.2 Å². The Morgan fingerprint density at radius 2 is 2.44 bits per heavy atom. The number of hydrogen-bond donors (Lipinski definition) is 1. The average Bonchev–Trinajstić information content (AvgIpc) is 2.65. The molecule has 3 nitrogen and oxygen atoms in total. The van der Waals surface area contributed by atoms with Gasteiger partial charge in [-0.1, -0.05) is 0 Å². The van der Waals surface area contributed by atoms with Crippen molar-refractivity contribution in [1.29, 1.82) is 0 Å². The number of ether oxygens (including phenoxy) is 2. The first kappa shape index (κ1) is 6.99. The third-order valence-electron chi connectivity index (χ3n) is 1.60. The van der Waals surface area contributed by atoms with Gasteiger partial charge in [0.2, 0.25) is 0 Å². The number of methoxy groups -OCH3 is 1. The molecular weight excluding hydrogens is 120 g/mol. The molecule has 0 bridgehead atoms. The fraction of sp³-hybridized carbons (Fsp3) is 1.00. The lowest BCUT2D eigenvalue weighted by Gasteiger charge is -2.04. The molecular formula is C6H12O3. The Balaban J connectivity index is 2.10. The van der Waals surface area contributed by atoms with Gasteiger partial charge in [0, 0.05) is 20.1 Å². The molecule has 1 N–H and O–H groups in total.